The van der Waals surface area contributed by atoms with Crippen LogP contribution < -0.4 is 4.90 Å². The average molecular weight is 800 g/mol. The van der Waals surface area contributed by atoms with Crippen LogP contribution >= 0.6 is 11.3 Å². The highest BCUT2D eigenvalue weighted by Crippen LogP contribution is 2.51. The number of para-hydroxylation sites is 1. The Morgan fingerprint density at radius 3 is 1.90 bits per heavy atom. The third kappa shape index (κ3) is 5.16. The number of fused-ring (bicyclic) bond motifs is 12. The molecule has 0 amide bonds. The molecule has 3 nitrogen and oxygen atoms in total. The first-order valence-electron chi connectivity index (χ1n) is 20.9. The molecule has 0 radical (unpaired) electrons. The van der Waals surface area contributed by atoms with E-state index in [1.165, 1.54) is 53.6 Å². The second-order valence-corrected chi connectivity index (χ2v) is 18.0. The van der Waals surface area contributed by atoms with Crippen molar-refractivity contribution in [1.29, 1.82) is 0 Å². The molecule has 0 saturated heterocycles. The number of nitrogens with zero attached hydrogens (tertiary/aromatic N) is 1. The van der Waals surface area contributed by atoms with E-state index in [2.05, 4.69) is 201 Å². The molecule has 0 N–H and O–H groups in total. The van der Waals surface area contributed by atoms with E-state index in [4.69, 9.17) is 8.83 Å². The van der Waals surface area contributed by atoms with Crippen LogP contribution in [0.5, 0.6) is 0 Å². The van der Waals surface area contributed by atoms with Crippen LogP contribution in [-0.2, 0) is 5.41 Å². The van der Waals surface area contributed by atoms with Crippen LogP contribution in [0.25, 0.3) is 97.4 Å². The molecule has 9 aromatic carbocycles. The zero-order chi connectivity index (χ0) is 40.4. The maximum absolute atomic E-state index is 6.70. The topological polar surface area (TPSA) is 29.5 Å². The van der Waals surface area contributed by atoms with Crippen molar-refractivity contribution in [2.24, 2.45) is 0 Å². The monoisotopic (exact) mass is 799 g/mol. The number of rotatable bonds is 5. The minimum Gasteiger partial charge on any atom is -0.456 e. The van der Waals surface area contributed by atoms with Gasteiger partial charge in [-0.3, -0.25) is 0 Å². The minimum absolute atomic E-state index is 0.133. The van der Waals surface area contributed by atoms with Crippen molar-refractivity contribution in [2.75, 3.05) is 4.90 Å². The summed E-state index contributed by atoms with van der Waals surface area (Å²) in [6.07, 6.45) is 0. The summed E-state index contributed by atoms with van der Waals surface area (Å²) in [5.41, 5.74) is 16.5. The van der Waals surface area contributed by atoms with Gasteiger partial charge >= 0.3 is 0 Å². The van der Waals surface area contributed by atoms with Crippen molar-refractivity contribution >= 4 is 92.4 Å². The molecule has 13 rings (SSSR count). The summed E-state index contributed by atoms with van der Waals surface area (Å²) in [5, 5.41) is 6.85. The van der Waals surface area contributed by atoms with E-state index < -0.39 is 0 Å². The lowest BCUT2D eigenvalue weighted by Crippen LogP contribution is -2.16. The fourth-order valence-electron chi connectivity index (χ4n) is 10.0. The second-order valence-electron chi connectivity index (χ2n) is 16.9. The second kappa shape index (κ2) is 12.8. The van der Waals surface area contributed by atoms with Crippen molar-refractivity contribution < 1.29 is 8.83 Å². The van der Waals surface area contributed by atoms with Gasteiger partial charge in [-0.1, -0.05) is 135 Å². The van der Waals surface area contributed by atoms with Crippen LogP contribution in [0.2, 0.25) is 0 Å². The van der Waals surface area contributed by atoms with E-state index >= 15 is 0 Å². The van der Waals surface area contributed by atoms with Crippen LogP contribution in [0, 0.1) is 0 Å². The van der Waals surface area contributed by atoms with Gasteiger partial charge in [-0.15, -0.1) is 11.3 Å². The standard InChI is InChI=1S/C57H37NO2S/c1-57(2)49-17-8-6-13-41(49)42-27-24-39(31-50(42)57)58(37-22-19-34(20-23-37)36-21-26-44-43-14-7-9-18-54(43)61-55(44)29-36)38-25-28-51-46(30-38)48-33-53-47(32-52(48)59-51)45-16-10-15-40(56(45)60-53)35-11-4-3-5-12-35/h3-33H,1-2H3. The molecule has 0 saturated carbocycles. The van der Waals surface area contributed by atoms with Crippen molar-refractivity contribution in [3.63, 3.8) is 0 Å². The molecule has 4 heteroatoms. The van der Waals surface area contributed by atoms with Crippen LogP contribution in [0.4, 0.5) is 17.1 Å². The molecule has 1 aliphatic carbocycles. The molecule has 61 heavy (non-hydrogen) atoms. The highest BCUT2D eigenvalue weighted by Gasteiger charge is 2.35. The summed E-state index contributed by atoms with van der Waals surface area (Å²) in [7, 11) is 0. The van der Waals surface area contributed by atoms with Gasteiger partial charge in [0.2, 0.25) is 0 Å². The summed E-state index contributed by atoms with van der Waals surface area (Å²) < 4.78 is 16.0. The molecule has 3 aromatic heterocycles. The van der Waals surface area contributed by atoms with Gasteiger partial charge in [-0.2, -0.15) is 0 Å². The molecule has 0 unspecified atom stereocenters. The molecular formula is C57H37NO2S. The highest BCUT2D eigenvalue weighted by atomic mass is 32.1. The summed E-state index contributed by atoms with van der Waals surface area (Å²) in [4.78, 5) is 2.39. The van der Waals surface area contributed by atoms with E-state index in [1.54, 1.807) is 0 Å². The van der Waals surface area contributed by atoms with E-state index in [1.807, 2.05) is 17.4 Å². The molecule has 0 fully saturated rings. The lowest BCUT2D eigenvalue weighted by atomic mass is 9.82. The molecule has 0 aliphatic heterocycles. The van der Waals surface area contributed by atoms with Gasteiger partial charge in [0.15, 0.2) is 0 Å². The number of benzene rings is 9. The summed E-state index contributed by atoms with van der Waals surface area (Å²) in [5.74, 6) is 0. The lowest BCUT2D eigenvalue weighted by Gasteiger charge is -2.28. The van der Waals surface area contributed by atoms with Crippen LogP contribution in [-0.4, -0.2) is 0 Å². The van der Waals surface area contributed by atoms with Gasteiger partial charge in [0.1, 0.15) is 22.3 Å². The Hall–Kier alpha value is -7.40. The summed E-state index contributed by atoms with van der Waals surface area (Å²) >= 11 is 1.86. The Morgan fingerprint density at radius 1 is 0.377 bits per heavy atom. The van der Waals surface area contributed by atoms with Crippen molar-refractivity contribution in [3.8, 4) is 33.4 Å². The number of furan rings is 2. The predicted molar refractivity (Wildman–Crippen MR) is 257 cm³/mol. The maximum atomic E-state index is 6.70. The van der Waals surface area contributed by atoms with Crippen molar-refractivity contribution in [2.45, 2.75) is 19.3 Å². The lowest BCUT2D eigenvalue weighted by molar-refractivity contribution is 0.660. The van der Waals surface area contributed by atoms with Crippen LogP contribution in [0.3, 0.4) is 0 Å². The fraction of sp³-hybridized carbons (Fsp3) is 0.0526. The number of hydrogen-bond acceptors (Lipinski definition) is 4. The Kier molecular flexibility index (Phi) is 7.23. The maximum Gasteiger partial charge on any atom is 0.143 e. The molecule has 0 atom stereocenters. The number of thiophene rings is 1. The van der Waals surface area contributed by atoms with Gasteiger partial charge in [0.05, 0.1) is 0 Å². The third-order valence-electron chi connectivity index (χ3n) is 13.1. The Balaban J connectivity index is 0.961. The Bertz CT molecular complexity index is 3740. The van der Waals surface area contributed by atoms with E-state index in [0.29, 0.717) is 0 Å². The zero-order valence-electron chi connectivity index (χ0n) is 33.6. The van der Waals surface area contributed by atoms with Gasteiger partial charge in [0.25, 0.3) is 0 Å². The average Bonchev–Trinajstić information content (AvgIpc) is 4.03. The Morgan fingerprint density at radius 2 is 1.02 bits per heavy atom. The number of anilines is 3. The third-order valence-corrected chi connectivity index (χ3v) is 14.2. The molecule has 1 aliphatic rings. The smallest absolute Gasteiger partial charge is 0.143 e. The molecule has 288 valence electrons. The van der Waals surface area contributed by atoms with Crippen molar-refractivity contribution in [1.82, 2.24) is 0 Å². The van der Waals surface area contributed by atoms with Crippen LogP contribution in [0.1, 0.15) is 25.0 Å². The van der Waals surface area contributed by atoms with Gasteiger partial charge in [0, 0.05) is 69.8 Å². The van der Waals surface area contributed by atoms with Gasteiger partial charge in [-0.25, -0.2) is 0 Å². The predicted octanol–water partition coefficient (Wildman–Crippen LogP) is 17.0. The van der Waals surface area contributed by atoms with Gasteiger partial charge < -0.3 is 13.7 Å². The Labute approximate surface area is 356 Å². The molecule has 3 heterocycles. The van der Waals surface area contributed by atoms with E-state index in [0.717, 1.165) is 72.1 Å². The first-order valence-corrected chi connectivity index (χ1v) is 21.7. The first-order chi connectivity index (χ1) is 30.0. The minimum atomic E-state index is -0.133. The molecule has 0 bridgehead atoms. The van der Waals surface area contributed by atoms with Crippen LogP contribution in [0.15, 0.2) is 197 Å². The normalized spacial score (nSPS) is 13.2. The first kappa shape index (κ1) is 34.5. The largest absolute Gasteiger partial charge is 0.456 e. The zero-order valence-corrected chi connectivity index (χ0v) is 34.4. The summed E-state index contributed by atoms with van der Waals surface area (Å²) in [6, 6.07) is 68.2. The SMILES string of the molecule is CC1(C)c2ccccc2-c2ccc(N(c3ccc(-c4ccc5c(c4)sc4ccccc45)cc3)c3ccc4oc5cc6c(cc5c4c3)oc3c(-c4ccccc4)cccc36)cc21. The van der Waals surface area contributed by atoms with E-state index in [9.17, 15) is 0 Å². The molecule has 12 aromatic rings. The summed E-state index contributed by atoms with van der Waals surface area (Å²) in [6.45, 7) is 4.69. The van der Waals surface area contributed by atoms with Gasteiger partial charge in [-0.05, 0) is 106 Å². The number of hydrogen-bond donors (Lipinski definition) is 0. The molecular weight excluding hydrogens is 763 g/mol. The quantitative estimate of drug-likeness (QED) is 0.174. The molecule has 0 spiro atoms. The highest BCUT2D eigenvalue weighted by molar-refractivity contribution is 7.25. The fourth-order valence-corrected chi connectivity index (χ4v) is 11.2. The van der Waals surface area contributed by atoms with E-state index in [-0.39, 0.29) is 5.41 Å². The van der Waals surface area contributed by atoms with Crippen molar-refractivity contribution in [3.05, 3.63) is 199 Å².